The van der Waals surface area contributed by atoms with Gasteiger partial charge in [0.25, 0.3) is 0 Å². The third kappa shape index (κ3) is 2.87. The summed E-state index contributed by atoms with van der Waals surface area (Å²) in [6, 6.07) is 7.10. The Morgan fingerprint density at radius 2 is 1.93 bits per heavy atom. The summed E-state index contributed by atoms with van der Waals surface area (Å²) in [5, 5.41) is 19.6. The zero-order valence-corrected chi connectivity index (χ0v) is 14.2. The SMILES string of the molecule is N#CC1(CF)COc2c1cc([C@@](O)(CN)C(F)(F)F)nc2-c1ccc(F)cc1. The van der Waals surface area contributed by atoms with Crippen LogP contribution in [-0.2, 0) is 11.0 Å². The molecule has 5 nitrogen and oxygen atoms in total. The Hall–Kier alpha value is -2.77. The van der Waals surface area contributed by atoms with Crippen molar-refractivity contribution in [1.29, 1.82) is 5.26 Å². The minimum Gasteiger partial charge on any atom is -0.489 e. The van der Waals surface area contributed by atoms with Crippen molar-refractivity contribution in [2.75, 3.05) is 19.8 Å². The number of rotatable bonds is 4. The van der Waals surface area contributed by atoms with Crippen LogP contribution in [0.5, 0.6) is 5.75 Å². The fraction of sp³-hybridized carbons (Fsp3) is 0.333. The number of nitriles is 1. The van der Waals surface area contributed by atoms with E-state index in [0.717, 1.165) is 18.2 Å². The minimum atomic E-state index is -5.19. The summed E-state index contributed by atoms with van der Waals surface area (Å²) >= 11 is 0. The zero-order valence-electron chi connectivity index (χ0n) is 14.2. The predicted molar refractivity (Wildman–Crippen MR) is 87.4 cm³/mol. The average Bonchev–Trinajstić information content (AvgIpc) is 3.05. The summed E-state index contributed by atoms with van der Waals surface area (Å²) in [6.45, 7) is -2.92. The van der Waals surface area contributed by atoms with E-state index in [2.05, 4.69) is 4.98 Å². The van der Waals surface area contributed by atoms with E-state index in [9.17, 15) is 32.3 Å². The van der Waals surface area contributed by atoms with Crippen LogP contribution in [0.2, 0.25) is 0 Å². The van der Waals surface area contributed by atoms with Crippen molar-refractivity contribution in [3.63, 3.8) is 0 Å². The Morgan fingerprint density at radius 3 is 2.43 bits per heavy atom. The van der Waals surface area contributed by atoms with Gasteiger partial charge in [-0.3, -0.25) is 0 Å². The van der Waals surface area contributed by atoms with Gasteiger partial charge in [-0.1, -0.05) is 0 Å². The van der Waals surface area contributed by atoms with Gasteiger partial charge in [0.05, 0.1) is 11.8 Å². The van der Waals surface area contributed by atoms with Crippen LogP contribution in [0.1, 0.15) is 11.3 Å². The van der Waals surface area contributed by atoms with Crippen LogP contribution in [0.25, 0.3) is 11.3 Å². The molecule has 3 N–H and O–H groups in total. The van der Waals surface area contributed by atoms with Gasteiger partial charge in [0.15, 0.2) is 5.75 Å². The first-order valence-electron chi connectivity index (χ1n) is 8.03. The Balaban J connectivity index is 2.34. The molecule has 0 amide bonds. The number of pyridine rings is 1. The first kappa shape index (κ1) is 20.0. The summed E-state index contributed by atoms with van der Waals surface area (Å²) in [7, 11) is 0. The number of nitrogens with two attached hydrogens (primary N) is 1. The molecule has 2 heterocycles. The van der Waals surface area contributed by atoms with Gasteiger partial charge in [0.2, 0.25) is 5.60 Å². The van der Waals surface area contributed by atoms with Gasteiger partial charge < -0.3 is 15.6 Å². The number of hydrogen-bond donors (Lipinski definition) is 2. The molecule has 0 aliphatic carbocycles. The fourth-order valence-corrected chi connectivity index (χ4v) is 2.92. The van der Waals surface area contributed by atoms with Crippen molar-refractivity contribution in [2.24, 2.45) is 5.73 Å². The second kappa shape index (κ2) is 6.68. The van der Waals surface area contributed by atoms with Crippen molar-refractivity contribution < 1.29 is 31.8 Å². The molecule has 2 aromatic rings. The zero-order chi connectivity index (χ0) is 20.7. The lowest BCUT2D eigenvalue weighted by atomic mass is 9.83. The van der Waals surface area contributed by atoms with Gasteiger partial charge in [-0.05, 0) is 30.3 Å². The molecule has 2 atom stereocenters. The number of ether oxygens (including phenoxy) is 1. The van der Waals surface area contributed by atoms with E-state index in [0.29, 0.717) is 0 Å². The highest BCUT2D eigenvalue weighted by Gasteiger charge is 2.56. The van der Waals surface area contributed by atoms with Crippen LogP contribution in [0.3, 0.4) is 0 Å². The summed E-state index contributed by atoms with van der Waals surface area (Å²) in [5.41, 5.74) is -1.32. The van der Waals surface area contributed by atoms with Gasteiger partial charge in [-0.25, -0.2) is 13.8 Å². The van der Waals surface area contributed by atoms with Crippen molar-refractivity contribution in [3.05, 3.63) is 47.4 Å². The number of nitrogens with zero attached hydrogens (tertiary/aromatic N) is 2. The number of aliphatic hydroxyl groups is 1. The van der Waals surface area contributed by atoms with Crippen molar-refractivity contribution >= 4 is 0 Å². The highest BCUT2D eigenvalue weighted by Crippen LogP contribution is 2.47. The van der Waals surface area contributed by atoms with E-state index in [1.54, 1.807) is 6.07 Å². The molecule has 1 aromatic carbocycles. The Labute approximate surface area is 156 Å². The highest BCUT2D eigenvalue weighted by atomic mass is 19.4. The van der Waals surface area contributed by atoms with Gasteiger partial charge in [-0.2, -0.15) is 18.4 Å². The molecule has 1 unspecified atom stereocenters. The number of hydrogen-bond acceptors (Lipinski definition) is 5. The molecule has 1 aliphatic heterocycles. The lowest BCUT2D eigenvalue weighted by molar-refractivity contribution is -0.263. The van der Waals surface area contributed by atoms with Crippen LogP contribution in [-0.4, -0.2) is 36.1 Å². The number of halogens is 5. The van der Waals surface area contributed by atoms with E-state index in [-0.39, 0.29) is 22.6 Å². The Morgan fingerprint density at radius 1 is 1.29 bits per heavy atom. The summed E-state index contributed by atoms with van der Waals surface area (Å²) in [5.74, 6) is -0.697. The van der Waals surface area contributed by atoms with E-state index in [1.165, 1.54) is 12.1 Å². The van der Waals surface area contributed by atoms with Gasteiger partial charge in [-0.15, -0.1) is 0 Å². The van der Waals surface area contributed by atoms with Crippen LogP contribution >= 0.6 is 0 Å². The standard InChI is InChI=1S/C18H14F5N3O2/c19-6-16(7-24)9-28-15-12(16)5-13(17(27,8-25)18(21,22)23)26-14(15)10-1-3-11(20)4-2-10/h1-5,27H,6,8-9,25H2/t16?,17-/m0/s1. The lowest BCUT2D eigenvalue weighted by Crippen LogP contribution is -2.49. The molecule has 1 aromatic heterocycles. The van der Waals surface area contributed by atoms with Crippen LogP contribution in [0.4, 0.5) is 22.0 Å². The first-order chi connectivity index (χ1) is 13.1. The first-order valence-corrected chi connectivity index (χ1v) is 8.03. The topological polar surface area (TPSA) is 92.2 Å². The maximum atomic E-state index is 13.7. The van der Waals surface area contributed by atoms with Gasteiger partial charge in [0, 0.05) is 17.7 Å². The molecule has 10 heteroatoms. The highest BCUT2D eigenvalue weighted by molar-refractivity contribution is 5.71. The number of alkyl halides is 4. The lowest BCUT2D eigenvalue weighted by Gasteiger charge is -2.29. The third-order valence-electron chi connectivity index (χ3n) is 4.70. The molecule has 1 aliphatic rings. The van der Waals surface area contributed by atoms with Crippen LogP contribution in [0.15, 0.2) is 30.3 Å². The molecule has 0 saturated carbocycles. The van der Waals surface area contributed by atoms with E-state index >= 15 is 0 Å². The number of benzene rings is 1. The monoisotopic (exact) mass is 399 g/mol. The molecule has 0 spiro atoms. The van der Waals surface area contributed by atoms with Gasteiger partial charge >= 0.3 is 6.18 Å². The molecule has 148 valence electrons. The normalized spacial score (nSPS) is 20.8. The predicted octanol–water partition coefficient (Wildman–Crippen LogP) is 2.72. The molecular weight excluding hydrogens is 385 g/mol. The van der Waals surface area contributed by atoms with Crippen molar-refractivity contribution in [1.82, 2.24) is 4.98 Å². The maximum absolute atomic E-state index is 13.7. The molecule has 28 heavy (non-hydrogen) atoms. The molecule has 0 radical (unpaired) electrons. The summed E-state index contributed by atoms with van der Waals surface area (Å²) < 4.78 is 72.8. The Kier molecular flexibility index (Phi) is 4.77. The molecule has 0 bridgehead atoms. The quantitative estimate of drug-likeness (QED) is 0.772. The van der Waals surface area contributed by atoms with E-state index < -0.39 is 48.5 Å². The fourth-order valence-electron chi connectivity index (χ4n) is 2.92. The van der Waals surface area contributed by atoms with Gasteiger partial charge in [0.1, 0.15) is 30.2 Å². The van der Waals surface area contributed by atoms with Crippen LogP contribution < -0.4 is 10.5 Å². The van der Waals surface area contributed by atoms with E-state index in [4.69, 9.17) is 10.5 Å². The van der Waals surface area contributed by atoms with Crippen molar-refractivity contribution in [3.8, 4) is 23.1 Å². The number of fused-ring (bicyclic) bond motifs is 1. The van der Waals surface area contributed by atoms with Crippen molar-refractivity contribution in [2.45, 2.75) is 17.2 Å². The maximum Gasteiger partial charge on any atom is 0.424 e. The average molecular weight is 399 g/mol. The summed E-state index contributed by atoms with van der Waals surface area (Å²) in [6.07, 6.45) is -5.19. The molecule has 0 fully saturated rings. The molecule has 0 saturated heterocycles. The third-order valence-corrected chi connectivity index (χ3v) is 4.70. The Bertz CT molecular complexity index is 942. The second-order valence-corrected chi connectivity index (χ2v) is 6.42. The van der Waals surface area contributed by atoms with E-state index in [1.807, 2.05) is 0 Å². The second-order valence-electron chi connectivity index (χ2n) is 6.42. The summed E-state index contributed by atoms with van der Waals surface area (Å²) in [4.78, 5) is 3.86. The molecule has 3 rings (SSSR count). The molecular formula is C18H14F5N3O2. The minimum absolute atomic E-state index is 0.101. The smallest absolute Gasteiger partial charge is 0.424 e. The largest absolute Gasteiger partial charge is 0.489 e. The van der Waals surface area contributed by atoms with Crippen LogP contribution in [0, 0.1) is 17.1 Å². The number of aromatic nitrogens is 1.